The zero-order valence-electron chi connectivity index (χ0n) is 12.5. The second-order valence-corrected chi connectivity index (χ2v) is 6.23. The Balaban J connectivity index is 2.05. The number of carbonyl (C=O) groups is 2. The predicted molar refractivity (Wildman–Crippen MR) is 86.1 cm³/mol. The Hall–Kier alpha value is -2.68. The average molecular weight is 330 g/mol. The third-order valence-corrected chi connectivity index (χ3v) is 4.20. The summed E-state index contributed by atoms with van der Waals surface area (Å²) in [6.07, 6.45) is 0. The number of primary amides is 1. The number of nitrogens with one attached hydrogen (secondary N) is 1. The molecule has 1 aromatic carbocycles. The van der Waals surface area contributed by atoms with E-state index in [2.05, 4.69) is 20.4 Å². The number of amides is 3. The molecule has 0 saturated heterocycles. The number of thioether (sulfide) groups is 1. The zero-order valence-corrected chi connectivity index (χ0v) is 13.3. The minimum absolute atomic E-state index is 0.484. The summed E-state index contributed by atoms with van der Waals surface area (Å²) in [7, 11) is 0. The number of rotatable bonds is 3. The van der Waals surface area contributed by atoms with Gasteiger partial charge >= 0.3 is 6.03 Å². The SMILES string of the molecule is Cc1nc2c3ccccc3nc(S[C@@H](C)C(=O)NC(N)=O)n2n1. The minimum atomic E-state index is -0.879. The van der Waals surface area contributed by atoms with Crippen LogP contribution in [0.15, 0.2) is 29.4 Å². The maximum absolute atomic E-state index is 11.9. The average Bonchev–Trinajstić information content (AvgIpc) is 2.88. The summed E-state index contributed by atoms with van der Waals surface area (Å²) in [6.45, 7) is 3.45. The minimum Gasteiger partial charge on any atom is -0.351 e. The summed E-state index contributed by atoms with van der Waals surface area (Å²) >= 11 is 1.18. The van der Waals surface area contributed by atoms with Gasteiger partial charge in [-0.05, 0) is 26.0 Å². The number of fused-ring (bicyclic) bond motifs is 3. The third kappa shape index (κ3) is 2.95. The first-order valence-corrected chi connectivity index (χ1v) is 7.73. The highest BCUT2D eigenvalue weighted by Gasteiger charge is 2.20. The number of hydrogen-bond donors (Lipinski definition) is 2. The van der Waals surface area contributed by atoms with E-state index in [9.17, 15) is 9.59 Å². The smallest absolute Gasteiger partial charge is 0.318 e. The molecule has 3 amide bonds. The van der Waals surface area contributed by atoms with Crippen LogP contribution in [0.2, 0.25) is 0 Å². The van der Waals surface area contributed by atoms with Crippen molar-refractivity contribution in [3.63, 3.8) is 0 Å². The standard InChI is InChI=1S/C14H14N6O2S/c1-7(12(21)18-13(15)22)23-14-17-10-6-4-3-5-9(10)11-16-8(2)19-20(11)14/h3-7H,1-2H3,(H3,15,18,21,22)/t7-/m0/s1. The molecule has 0 aliphatic rings. The van der Waals surface area contributed by atoms with Crippen LogP contribution in [0, 0.1) is 6.92 Å². The maximum atomic E-state index is 11.9. The van der Waals surface area contributed by atoms with E-state index in [0.29, 0.717) is 16.6 Å². The normalized spacial score (nSPS) is 12.4. The van der Waals surface area contributed by atoms with Crippen molar-refractivity contribution in [2.24, 2.45) is 5.73 Å². The lowest BCUT2D eigenvalue weighted by atomic mass is 10.2. The fourth-order valence-electron chi connectivity index (χ4n) is 2.14. The number of para-hydroxylation sites is 1. The molecule has 0 aliphatic carbocycles. The first kappa shape index (κ1) is 15.2. The van der Waals surface area contributed by atoms with Crippen LogP contribution in [-0.2, 0) is 4.79 Å². The third-order valence-electron chi connectivity index (χ3n) is 3.15. The second-order valence-electron chi connectivity index (χ2n) is 4.92. The van der Waals surface area contributed by atoms with Crippen molar-refractivity contribution in [2.75, 3.05) is 0 Å². The van der Waals surface area contributed by atoms with Gasteiger partial charge in [-0.15, -0.1) is 5.10 Å². The molecule has 0 radical (unpaired) electrons. The van der Waals surface area contributed by atoms with Crippen LogP contribution in [-0.4, -0.2) is 36.8 Å². The van der Waals surface area contributed by atoms with Gasteiger partial charge in [-0.3, -0.25) is 10.1 Å². The van der Waals surface area contributed by atoms with E-state index in [-0.39, 0.29) is 0 Å². The summed E-state index contributed by atoms with van der Waals surface area (Å²) in [4.78, 5) is 31.6. The molecule has 23 heavy (non-hydrogen) atoms. The van der Waals surface area contributed by atoms with Gasteiger partial charge in [-0.2, -0.15) is 4.52 Å². The van der Waals surface area contributed by atoms with Crippen LogP contribution in [0.25, 0.3) is 16.6 Å². The lowest BCUT2D eigenvalue weighted by molar-refractivity contribution is -0.119. The monoisotopic (exact) mass is 330 g/mol. The molecule has 3 N–H and O–H groups in total. The van der Waals surface area contributed by atoms with Gasteiger partial charge in [0.2, 0.25) is 5.91 Å². The largest absolute Gasteiger partial charge is 0.351 e. The summed E-state index contributed by atoms with van der Waals surface area (Å²) in [5.41, 5.74) is 6.41. The maximum Gasteiger partial charge on any atom is 0.318 e. The van der Waals surface area contributed by atoms with E-state index in [1.54, 1.807) is 18.4 Å². The molecule has 8 nitrogen and oxygen atoms in total. The van der Waals surface area contributed by atoms with Gasteiger partial charge in [-0.25, -0.2) is 14.8 Å². The molecule has 2 aromatic heterocycles. The van der Waals surface area contributed by atoms with E-state index in [0.717, 1.165) is 10.9 Å². The molecule has 0 spiro atoms. The van der Waals surface area contributed by atoms with E-state index in [4.69, 9.17) is 5.73 Å². The first-order valence-electron chi connectivity index (χ1n) is 6.85. The molecule has 0 saturated carbocycles. The second kappa shape index (κ2) is 5.84. The molecule has 3 aromatic rings. The highest BCUT2D eigenvalue weighted by atomic mass is 32.2. The van der Waals surface area contributed by atoms with E-state index in [1.807, 2.05) is 24.3 Å². The summed E-state index contributed by atoms with van der Waals surface area (Å²) in [6, 6.07) is 6.70. The zero-order chi connectivity index (χ0) is 16.6. The first-order chi connectivity index (χ1) is 11.0. The molecule has 0 unspecified atom stereocenters. The van der Waals surface area contributed by atoms with Gasteiger partial charge in [0.05, 0.1) is 10.8 Å². The number of aromatic nitrogens is 4. The molecule has 2 heterocycles. The summed E-state index contributed by atoms with van der Waals surface area (Å²) in [5, 5.41) is 7.23. The molecule has 1 atom stereocenters. The number of carbonyl (C=O) groups excluding carboxylic acids is 2. The van der Waals surface area contributed by atoms with Crippen molar-refractivity contribution in [1.82, 2.24) is 24.9 Å². The van der Waals surface area contributed by atoms with E-state index < -0.39 is 17.2 Å². The molecule has 118 valence electrons. The molecule has 9 heteroatoms. The van der Waals surface area contributed by atoms with E-state index in [1.165, 1.54) is 11.8 Å². The number of hydrogen-bond acceptors (Lipinski definition) is 6. The molecule has 0 aliphatic heterocycles. The Morgan fingerprint density at radius 1 is 1.30 bits per heavy atom. The Morgan fingerprint density at radius 3 is 2.78 bits per heavy atom. The van der Waals surface area contributed by atoms with Crippen LogP contribution in [0.3, 0.4) is 0 Å². The molecular weight excluding hydrogens is 316 g/mol. The van der Waals surface area contributed by atoms with Crippen molar-refractivity contribution in [3.05, 3.63) is 30.1 Å². The number of nitrogens with zero attached hydrogens (tertiary/aromatic N) is 4. The van der Waals surface area contributed by atoms with Crippen LogP contribution < -0.4 is 11.1 Å². The number of urea groups is 1. The predicted octanol–water partition coefficient (Wildman–Crippen LogP) is 1.26. The van der Waals surface area contributed by atoms with Gasteiger partial charge < -0.3 is 5.73 Å². The van der Waals surface area contributed by atoms with E-state index >= 15 is 0 Å². The van der Waals surface area contributed by atoms with Crippen LogP contribution >= 0.6 is 11.8 Å². The Kier molecular flexibility index (Phi) is 3.87. The fourth-order valence-corrected chi connectivity index (χ4v) is 3.00. The molecule has 3 rings (SSSR count). The van der Waals surface area contributed by atoms with Crippen LogP contribution in [0.4, 0.5) is 4.79 Å². The highest BCUT2D eigenvalue weighted by Crippen LogP contribution is 2.26. The van der Waals surface area contributed by atoms with Crippen molar-refractivity contribution in [3.8, 4) is 0 Å². The Morgan fingerprint density at radius 2 is 2.04 bits per heavy atom. The summed E-state index contributed by atoms with van der Waals surface area (Å²) in [5.74, 6) is 0.127. The van der Waals surface area contributed by atoms with Gasteiger partial charge in [0, 0.05) is 5.39 Å². The van der Waals surface area contributed by atoms with Crippen molar-refractivity contribution < 1.29 is 9.59 Å². The van der Waals surface area contributed by atoms with Crippen LogP contribution in [0.5, 0.6) is 0 Å². The fraction of sp³-hybridized carbons (Fsp3) is 0.214. The Bertz CT molecular complexity index is 922. The topological polar surface area (TPSA) is 115 Å². The molecule has 0 bridgehead atoms. The molecule has 0 fully saturated rings. The van der Waals surface area contributed by atoms with Crippen molar-refractivity contribution >= 4 is 40.3 Å². The number of nitrogens with two attached hydrogens (primary N) is 1. The summed E-state index contributed by atoms with van der Waals surface area (Å²) < 4.78 is 1.61. The van der Waals surface area contributed by atoms with Gasteiger partial charge in [0.1, 0.15) is 5.82 Å². The Labute approximate surface area is 135 Å². The number of benzene rings is 1. The number of aryl methyl sites for hydroxylation is 1. The highest BCUT2D eigenvalue weighted by molar-refractivity contribution is 8.00. The van der Waals surface area contributed by atoms with Crippen molar-refractivity contribution in [1.29, 1.82) is 0 Å². The lowest BCUT2D eigenvalue weighted by Gasteiger charge is -2.11. The van der Waals surface area contributed by atoms with Gasteiger partial charge in [0.15, 0.2) is 10.8 Å². The lowest BCUT2D eigenvalue weighted by Crippen LogP contribution is -2.39. The van der Waals surface area contributed by atoms with Crippen molar-refractivity contribution in [2.45, 2.75) is 24.3 Å². The molecular formula is C14H14N6O2S. The number of imide groups is 1. The van der Waals surface area contributed by atoms with Gasteiger partial charge in [0.25, 0.3) is 0 Å². The van der Waals surface area contributed by atoms with Gasteiger partial charge in [-0.1, -0.05) is 23.9 Å². The quantitative estimate of drug-likeness (QED) is 0.552. The van der Waals surface area contributed by atoms with Crippen LogP contribution in [0.1, 0.15) is 12.7 Å².